The van der Waals surface area contributed by atoms with Crippen molar-refractivity contribution in [3.8, 4) is 5.75 Å². The van der Waals surface area contributed by atoms with Gasteiger partial charge in [0, 0.05) is 25.0 Å². The van der Waals surface area contributed by atoms with Crippen molar-refractivity contribution in [1.29, 1.82) is 0 Å². The highest BCUT2D eigenvalue weighted by Crippen LogP contribution is 2.19. The fourth-order valence-corrected chi connectivity index (χ4v) is 3.22. The summed E-state index contributed by atoms with van der Waals surface area (Å²) in [6.45, 7) is 6.33. The van der Waals surface area contributed by atoms with Gasteiger partial charge in [-0.15, -0.1) is 10.2 Å². The Balaban J connectivity index is 1.47. The first-order valence-electron chi connectivity index (χ1n) is 9.32. The Morgan fingerprint density at radius 1 is 1.37 bits per heavy atom. The maximum Gasteiger partial charge on any atom is 0.317 e. The molecule has 8 heteroatoms. The van der Waals surface area contributed by atoms with Crippen LogP contribution in [0.3, 0.4) is 0 Å². The van der Waals surface area contributed by atoms with Crippen LogP contribution in [0.25, 0.3) is 0 Å². The number of rotatable bonds is 6. The van der Waals surface area contributed by atoms with Gasteiger partial charge in [-0.25, -0.2) is 9.18 Å². The highest BCUT2D eigenvalue weighted by molar-refractivity contribution is 5.74. The molecule has 2 aromatic rings. The number of amides is 2. The second kappa shape index (κ2) is 8.83. The monoisotopic (exact) mass is 375 g/mol. The topological polar surface area (TPSA) is 72.3 Å². The van der Waals surface area contributed by atoms with Gasteiger partial charge in [-0.05, 0) is 51.0 Å². The lowest BCUT2D eigenvalue weighted by Gasteiger charge is -2.32. The Labute approximate surface area is 158 Å². The molecule has 0 radical (unpaired) electrons. The van der Waals surface area contributed by atoms with E-state index in [2.05, 4.69) is 15.5 Å². The van der Waals surface area contributed by atoms with E-state index >= 15 is 0 Å². The van der Waals surface area contributed by atoms with Crippen LogP contribution < -0.4 is 10.1 Å². The molecule has 1 atom stereocenters. The molecule has 27 heavy (non-hydrogen) atoms. The van der Waals surface area contributed by atoms with E-state index in [0.717, 1.165) is 25.2 Å². The van der Waals surface area contributed by atoms with Gasteiger partial charge in [0.25, 0.3) is 0 Å². The minimum Gasteiger partial charge on any atom is -0.493 e. The van der Waals surface area contributed by atoms with Crippen LogP contribution in [-0.4, -0.2) is 45.4 Å². The second-order valence-electron chi connectivity index (χ2n) is 7.13. The molecule has 1 N–H and O–H groups in total. The largest absolute Gasteiger partial charge is 0.493 e. The molecule has 0 bridgehead atoms. The van der Waals surface area contributed by atoms with Crippen LogP contribution in [0.2, 0.25) is 0 Å². The maximum absolute atomic E-state index is 12.9. The summed E-state index contributed by atoms with van der Waals surface area (Å²) in [7, 11) is 0. The Hall–Kier alpha value is -2.64. The number of hydrogen-bond donors (Lipinski definition) is 1. The van der Waals surface area contributed by atoms with E-state index in [0.29, 0.717) is 25.4 Å². The highest BCUT2D eigenvalue weighted by atomic mass is 19.1. The number of nitrogens with one attached hydrogen (secondary N) is 1. The quantitative estimate of drug-likeness (QED) is 0.842. The molecular formula is C19H26FN5O2. The van der Waals surface area contributed by atoms with Crippen LogP contribution in [0.1, 0.15) is 38.6 Å². The van der Waals surface area contributed by atoms with Crippen molar-refractivity contribution in [1.82, 2.24) is 25.0 Å². The van der Waals surface area contributed by atoms with Gasteiger partial charge >= 0.3 is 6.03 Å². The van der Waals surface area contributed by atoms with E-state index in [1.54, 1.807) is 18.5 Å². The molecule has 0 saturated carbocycles. The molecule has 1 fully saturated rings. The van der Waals surface area contributed by atoms with E-state index in [4.69, 9.17) is 4.74 Å². The van der Waals surface area contributed by atoms with Crippen molar-refractivity contribution in [2.75, 3.05) is 19.7 Å². The lowest BCUT2D eigenvalue weighted by molar-refractivity contribution is 0.137. The molecule has 2 heterocycles. The van der Waals surface area contributed by atoms with E-state index in [1.165, 1.54) is 12.1 Å². The zero-order chi connectivity index (χ0) is 19.2. The molecule has 1 aliphatic rings. The van der Waals surface area contributed by atoms with Crippen molar-refractivity contribution in [3.63, 3.8) is 0 Å². The third-order valence-corrected chi connectivity index (χ3v) is 4.71. The van der Waals surface area contributed by atoms with Gasteiger partial charge in [0.15, 0.2) is 5.82 Å². The Bertz CT molecular complexity index is 747. The Morgan fingerprint density at radius 2 is 2.15 bits per heavy atom. The van der Waals surface area contributed by atoms with Gasteiger partial charge < -0.3 is 19.5 Å². The standard InChI is InChI=1S/C19H26FN5O2/c1-14(2)25-13-22-23-18(25)10-21-19(26)24-9-3-4-15(11-24)12-27-17-7-5-16(20)6-8-17/h5-8,13-15H,3-4,9-12H2,1-2H3,(H,21,26)/t15-/m1/s1. The lowest BCUT2D eigenvalue weighted by Crippen LogP contribution is -2.46. The summed E-state index contributed by atoms with van der Waals surface area (Å²) >= 11 is 0. The number of nitrogens with zero attached hydrogens (tertiary/aromatic N) is 4. The smallest absolute Gasteiger partial charge is 0.317 e. The number of carbonyl (C=O) groups excluding carboxylic acids is 1. The van der Waals surface area contributed by atoms with Crippen molar-refractivity contribution in [3.05, 3.63) is 42.2 Å². The molecule has 3 rings (SSSR count). The van der Waals surface area contributed by atoms with Gasteiger partial charge in [-0.2, -0.15) is 0 Å². The second-order valence-corrected chi connectivity index (χ2v) is 7.13. The first-order chi connectivity index (χ1) is 13.0. The minimum absolute atomic E-state index is 0.0974. The summed E-state index contributed by atoms with van der Waals surface area (Å²) in [5.41, 5.74) is 0. The average molecular weight is 375 g/mol. The van der Waals surface area contributed by atoms with Crippen LogP contribution >= 0.6 is 0 Å². The number of urea groups is 1. The van der Waals surface area contributed by atoms with E-state index < -0.39 is 0 Å². The van der Waals surface area contributed by atoms with Crippen LogP contribution in [-0.2, 0) is 6.54 Å². The first kappa shape index (κ1) is 19.1. The molecular weight excluding hydrogens is 349 g/mol. The highest BCUT2D eigenvalue weighted by Gasteiger charge is 2.24. The molecule has 2 amide bonds. The average Bonchev–Trinajstić information content (AvgIpc) is 3.15. The summed E-state index contributed by atoms with van der Waals surface area (Å²) in [5, 5.41) is 10.9. The summed E-state index contributed by atoms with van der Waals surface area (Å²) in [6.07, 6.45) is 3.62. The van der Waals surface area contributed by atoms with Crippen LogP contribution in [0.5, 0.6) is 5.75 Å². The number of halogens is 1. The summed E-state index contributed by atoms with van der Waals surface area (Å²) < 4.78 is 20.6. The van der Waals surface area contributed by atoms with Gasteiger partial charge in [-0.3, -0.25) is 0 Å². The number of benzene rings is 1. The van der Waals surface area contributed by atoms with E-state index in [9.17, 15) is 9.18 Å². The molecule has 0 unspecified atom stereocenters. The zero-order valence-corrected chi connectivity index (χ0v) is 15.8. The third-order valence-electron chi connectivity index (χ3n) is 4.71. The summed E-state index contributed by atoms with van der Waals surface area (Å²) in [5.74, 6) is 1.36. The van der Waals surface area contributed by atoms with Crippen molar-refractivity contribution in [2.45, 2.75) is 39.3 Å². The number of piperidine rings is 1. The number of aromatic nitrogens is 3. The maximum atomic E-state index is 12.9. The SMILES string of the molecule is CC(C)n1cnnc1CNC(=O)N1CCC[C@@H](COc2ccc(F)cc2)C1. The molecule has 1 aromatic carbocycles. The first-order valence-corrected chi connectivity index (χ1v) is 9.32. The molecule has 146 valence electrons. The number of ether oxygens (including phenoxy) is 1. The molecule has 1 aromatic heterocycles. The third kappa shape index (κ3) is 5.18. The molecule has 0 aliphatic carbocycles. The van der Waals surface area contributed by atoms with Crippen LogP contribution in [0.15, 0.2) is 30.6 Å². The normalized spacial score (nSPS) is 17.2. The fraction of sp³-hybridized carbons (Fsp3) is 0.526. The predicted octanol–water partition coefficient (Wildman–Crippen LogP) is 3.00. The van der Waals surface area contributed by atoms with E-state index in [-0.39, 0.29) is 23.8 Å². The number of hydrogen-bond acceptors (Lipinski definition) is 4. The molecule has 1 saturated heterocycles. The number of likely N-dealkylation sites (tertiary alicyclic amines) is 1. The molecule has 0 spiro atoms. The van der Waals surface area contributed by atoms with Gasteiger partial charge in [0.05, 0.1) is 13.2 Å². The zero-order valence-electron chi connectivity index (χ0n) is 15.8. The van der Waals surface area contributed by atoms with Crippen molar-refractivity contribution in [2.24, 2.45) is 5.92 Å². The summed E-state index contributed by atoms with van der Waals surface area (Å²) in [6, 6.07) is 6.15. The fourth-order valence-electron chi connectivity index (χ4n) is 3.22. The minimum atomic E-state index is -0.281. The van der Waals surface area contributed by atoms with Crippen LogP contribution in [0, 0.1) is 11.7 Å². The Morgan fingerprint density at radius 3 is 2.89 bits per heavy atom. The van der Waals surface area contributed by atoms with Crippen molar-refractivity contribution < 1.29 is 13.9 Å². The van der Waals surface area contributed by atoms with Crippen LogP contribution in [0.4, 0.5) is 9.18 Å². The van der Waals surface area contributed by atoms with Crippen molar-refractivity contribution >= 4 is 6.03 Å². The number of carbonyl (C=O) groups is 1. The predicted molar refractivity (Wildman–Crippen MR) is 98.8 cm³/mol. The van der Waals surface area contributed by atoms with Gasteiger partial charge in [-0.1, -0.05) is 0 Å². The lowest BCUT2D eigenvalue weighted by atomic mass is 9.99. The Kier molecular flexibility index (Phi) is 6.26. The van der Waals surface area contributed by atoms with Gasteiger partial charge in [0.1, 0.15) is 17.9 Å². The summed E-state index contributed by atoms with van der Waals surface area (Å²) in [4.78, 5) is 14.3. The van der Waals surface area contributed by atoms with E-state index in [1.807, 2.05) is 23.3 Å². The van der Waals surface area contributed by atoms with Gasteiger partial charge in [0.2, 0.25) is 0 Å². The molecule has 1 aliphatic heterocycles. The molecule has 7 nitrogen and oxygen atoms in total.